The molecule has 11 heteroatoms. The zero-order valence-electron chi connectivity index (χ0n) is 18.5. The second kappa shape index (κ2) is 8.53. The van der Waals surface area contributed by atoms with Crippen molar-refractivity contribution in [3.63, 3.8) is 0 Å². The van der Waals surface area contributed by atoms with E-state index in [1.807, 2.05) is 0 Å². The third-order valence-corrected chi connectivity index (χ3v) is 7.94. The van der Waals surface area contributed by atoms with Crippen molar-refractivity contribution in [2.75, 3.05) is 6.26 Å². The summed E-state index contributed by atoms with van der Waals surface area (Å²) < 4.78 is 70.6. The van der Waals surface area contributed by atoms with Crippen LogP contribution >= 0.6 is 11.8 Å². The average Bonchev–Trinajstić information content (AvgIpc) is 3.58. The predicted molar refractivity (Wildman–Crippen MR) is 120 cm³/mol. The molecule has 0 spiro atoms. The van der Waals surface area contributed by atoms with Crippen molar-refractivity contribution in [3.05, 3.63) is 70.6 Å². The van der Waals surface area contributed by atoms with Gasteiger partial charge in [-0.05, 0) is 69.2 Å². The van der Waals surface area contributed by atoms with Gasteiger partial charge in [0, 0.05) is 10.5 Å². The Bertz CT molecular complexity index is 1310. The van der Waals surface area contributed by atoms with Gasteiger partial charge in [-0.3, -0.25) is 4.79 Å². The number of hydrogen-bond donors (Lipinski definition) is 0. The summed E-state index contributed by atoms with van der Waals surface area (Å²) in [5.74, 6) is -1.16. The summed E-state index contributed by atoms with van der Waals surface area (Å²) in [5, 5.41) is 8.11. The molecule has 0 radical (unpaired) electrons. The Morgan fingerprint density at radius 1 is 1.15 bits per heavy atom. The number of nitrogens with zero attached hydrogens (tertiary/aromatic N) is 2. The van der Waals surface area contributed by atoms with E-state index < -0.39 is 39.1 Å². The molecule has 1 heterocycles. The first-order valence-corrected chi connectivity index (χ1v) is 13.0. The van der Waals surface area contributed by atoms with Crippen LogP contribution in [0.2, 0.25) is 0 Å². The van der Waals surface area contributed by atoms with Crippen molar-refractivity contribution in [3.8, 4) is 0 Å². The Labute approximate surface area is 199 Å². The van der Waals surface area contributed by atoms with E-state index in [4.69, 9.17) is 4.18 Å². The lowest BCUT2D eigenvalue weighted by Crippen LogP contribution is -2.31. The molecule has 0 bridgehead atoms. The first kappa shape index (κ1) is 24.5. The fourth-order valence-electron chi connectivity index (χ4n) is 3.83. The van der Waals surface area contributed by atoms with Crippen LogP contribution in [0.3, 0.4) is 0 Å². The van der Waals surface area contributed by atoms with Crippen LogP contribution in [0.25, 0.3) is 0 Å². The number of carbonyl (C=O) groups is 1. The number of Topliss-reactive ketones (excluding diaryl/α,β-unsaturated/α-hetero) is 1. The van der Waals surface area contributed by atoms with Crippen LogP contribution in [-0.2, 0) is 20.5 Å². The van der Waals surface area contributed by atoms with Gasteiger partial charge in [0.05, 0.1) is 11.1 Å². The van der Waals surface area contributed by atoms with Crippen molar-refractivity contribution in [1.82, 2.24) is 0 Å². The summed E-state index contributed by atoms with van der Waals surface area (Å²) in [7, 11) is -4.32. The Morgan fingerprint density at radius 2 is 1.79 bits per heavy atom. The van der Waals surface area contributed by atoms with Crippen molar-refractivity contribution in [1.29, 1.82) is 0 Å². The maximum absolute atomic E-state index is 13.7. The molecule has 1 saturated carbocycles. The molecule has 1 fully saturated rings. The summed E-state index contributed by atoms with van der Waals surface area (Å²) in [6.07, 6.45) is -1.50. The molecule has 0 saturated heterocycles. The zero-order chi connectivity index (χ0) is 24.9. The maximum Gasteiger partial charge on any atom is 0.416 e. The molecule has 34 heavy (non-hydrogen) atoms. The van der Waals surface area contributed by atoms with Gasteiger partial charge in [0.1, 0.15) is 10.4 Å². The number of azo groups is 1. The molecule has 1 unspecified atom stereocenters. The van der Waals surface area contributed by atoms with E-state index in [0.29, 0.717) is 0 Å². The van der Waals surface area contributed by atoms with Crippen molar-refractivity contribution in [2.45, 2.75) is 48.2 Å². The zero-order valence-corrected chi connectivity index (χ0v) is 20.1. The molecule has 1 atom stereocenters. The Balaban J connectivity index is 1.79. The Morgan fingerprint density at radius 3 is 2.35 bits per heavy atom. The van der Waals surface area contributed by atoms with E-state index in [1.165, 1.54) is 12.1 Å². The van der Waals surface area contributed by atoms with Crippen LogP contribution in [-0.4, -0.2) is 26.0 Å². The van der Waals surface area contributed by atoms with Gasteiger partial charge in [-0.1, -0.05) is 17.7 Å². The highest BCUT2D eigenvalue weighted by atomic mass is 32.2. The molecule has 6 nitrogen and oxygen atoms in total. The van der Waals surface area contributed by atoms with Gasteiger partial charge in [0.2, 0.25) is 0 Å². The summed E-state index contributed by atoms with van der Waals surface area (Å²) in [6, 6.07) is 8.79. The largest absolute Gasteiger partial charge is 0.416 e. The molecular weight excluding hydrogens is 489 g/mol. The monoisotopic (exact) mass is 510 g/mol. The van der Waals surface area contributed by atoms with E-state index in [-0.39, 0.29) is 26.8 Å². The molecule has 1 aliphatic carbocycles. The molecule has 0 aromatic heterocycles. The van der Waals surface area contributed by atoms with Gasteiger partial charge in [0.25, 0.3) is 5.88 Å². The lowest BCUT2D eigenvalue weighted by molar-refractivity contribution is -0.137. The average molecular weight is 511 g/mol. The smallest absolute Gasteiger partial charge is 0.356 e. The highest BCUT2D eigenvalue weighted by molar-refractivity contribution is 7.98. The maximum atomic E-state index is 13.7. The van der Waals surface area contributed by atoms with Crippen molar-refractivity contribution >= 4 is 27.7 Å². The third-order valence-electron chi connectivity index (χ3n) is 5.94. The number of carbonyl (C=O) groups excluding carboxylic acids is 1. The fourth-order valence-corrected chi connectivity index (χ4v) is 5.34. The molecule has 0 N–H and O–H groups in total. The van der Waals surface area contributed by atoms with Crippen LogP contribution in [0.1, 0.15) is 41.3 Å². The SMILES string of the molecule is CSc1cc(C(F)(F)F)ccc1C(=O)C1=C(OS(=O)(=O)c2ccc(C)cc2)N=NC1(C)C1CC1. The minimum Gasteiger partial charge on any atom is -0.356 e. The van der Waals surface area contributed by atoms with Crippen LogP contribution < -0.4 is 0 Å². The highest BCUT2D eigenvalue weighted by Crippen LogP contribution is 2.51. The summed E-state index contributed by atoms with van der Waals surface area (Å²) in [6.45, 7) is 3.47. The van der Waals surface area contributed by atoms with Crippen molar-refractivity contribution < 1.29 is 30.6 Å². The van der Waals surface area contributed by atoms with Gasteiger partial charge in [0.15, 0.2) is 5.78 Å². The summed E-state index contributed by atoms with van der Waals surface area (Å²) in [5.41, 5.74) is -1.23. The minimum atomic E-state index is -4.57. The molecule has 2 aromatic rings. The number of hydrogen-bond acceptors (Lipinski definition) is 7. The first-order chi connectivity index (χ1) is 15.9. The highest BCUT2D eigenvalue weighted by Gasteiger charge is 2.52. The standard InChI is InChI=1S/C23H21F3N2O4S2/c1-13-4-9-16(10-5-13)34(30,31)32-21-19(22(2,28-27-21)14-6-7-14)20(29)17-11-8-15(23(24,25)26)12-18(17)33-3/h4-5,8-12,14H,6-7H2,1-3H3. The van der Waals surface area contributed by atoms with Crippen LogP contribution in [0, 0.1) is 12.8 Å². The lowest BCUT2D eigenvalue weighted by atomic mass is 9.83. The Hall–Kier alpha value is -2.66. The van der Waals surface area contributed by atoms with E-state index in [2.05, 4.69) is 10.2 Å². The fraction of sp³-hybridized carbons (Fsp3) is 0.348. The topological polar surface area (TPSA) is 85.2 Å². The number of alkyl halides is 3. The van der Waals surface area contributed by atoms with Gasteiger partial charge < -0.3 is 4.18 Å². The van der Waals surface area contributed by atoms with E-state index in [9.17, 15) is 26.4 Å². The van der Waals surface area contributed by atoms with Gasteiger partial charge in [-0.25, -0.2) is 0 Å². The minimum absolute atomic E-state index is 0.00325. The molecule has 4 rings (SSSR count). The quantitative estimate of drug-likeness (QED) is 0.253. The van der Waals surface area contributed by atoms with E-state index >= 15 is 0 Å². The summed E-state index contributed by atoms with van der Waals surface area (Å²) in [4.78, 5) is 13.7. The van der Waals surface area contributed by atoms with Gasteiger partial charge >= 0.3 is 16.3 Å². The molecule has 2 aliphatic rings. The number of rotatable bonds is 7. The van der Waals surface area contributed by atoms with Crippen LogP contribution in [0.4, 0.5) is 13.2 Å². The van der Waals surface area contributed by atoms with E-state index in [0.717, 1.165) is 48.4 Å². The lowest BCUT2D eigenvalue weighted by Gasteiger charge is -2.23. The molecule has 0 amide bonds. The van der Waals surface area contributed by atoms with Crippen LogP contribution in [0.5, 0.6) is 0 Å². The van der Waals surface area contributed by atoms with Crippen molar-refractivity contribution in [2.24, 2.45) is 16.1 Å². The number of ketones is 1. The number of benzene rings is 2. The number of halogens is 3. The second-order valence-electron chi connectivity index (χ2n) is 8.39. The molecule has 1 aliphatic heterocycles. The molecular formula is C23H21F3N2O4S2. The summed E-state index contributed by atoms with van der Waals surface area (Å²) >= 11 is 0.986. The van der Waals surface area contributed by atoms with E-state index in [1.54, 1.807) is 32.2 Å². The molecule has 2 aromatic carbocycles. The second-order valence-corrected chi connectivity index (χ2v) is 10.8. The first-order valence-electron chi connectivity index (χ1n) is 10.4. The van der Waals surface area contributed by atoms with Gasteiger partial charge in [-0.15, -0.1) is 16.9 Å². The Kier molecular flexibility index (Phi) is 6.14. The normalized spacial score (nSPS) is 20.6. The third kappa shape index (κ3) is 4.50. The van der Waals surface area contributed by atoms with Crippen LogP contribution in [0.15, 0.2) is 73.9 Å². The predicted octanol–water partition coefficient (Wildman–Crippen LogP) is 6.17. The molecule has 180 valence electrons. The number of thioether (sulfide) groups is 1. The number of aryl methyl sites for hydroxylation is 1. The van der Waals surface area contributed by atoms with Gasteiger partial charge in [-0.2, -0.15) is 26.7 Å².